The van der Waals surface area contributed by atoms with Crippen LogP contribution in [0, 0.1) is 0 Å². The van der Waals surface area contributed by atoms with Gasteiger partial charge >= 0.3 is 0 Å². The molecule has 1 aromatic heterocycles. The van der Waals surface area contributed by atoms with Gasteiger partial charge in [-0.1, -0.05) is 27.7 Å². The Morgan fingerprint density at radius 3 is 1.58 bits per heavy atom. The molecule has 0 unspecified atom stereocenters. The number of aryl methyl sites for hydroxylation is 1. The maximum atomic E-state index is 5.25. The van der Waals surface area contributed by atoms with E-state index in [9.17, 15) is 0 Å². The first kappa shape index (κ1) is 13.3. The van der Waals surface area contributed by atoms with Crippen LogP contribution in [0.5, 0.6) is 0 Å². The first-order chi connectivity index (χ1) is 5.70. The van der Waals surface area contributed by atoms with Gasteiger partial charge in [-0.05, 0) is 0 Å². The minimum Gasteiger partial charge on any atom is -0.368 e. The van der Waals surface area contributed by atoms with Crippen LogP contribution in [0.3, 0.4) is 0 Å². The number of aromatic nitrogens is 3. The van der Waals surface area contributed by atoms with Crippen molar-refractivity contribution in [3.63, 3.8) is 0 Å². The fourth-order valence-corrected chi connectivity index (χ4v) is 0.417. The molecule has 4 N–H and O–H groups in total. The summed E-state index contributed by atoms with van der Waals surface area (Å²) in [5, 5.41) is 3.67. The van der Waals surface area contributed by atoms with Crippen LogP contribution in [0.25, 0.3) is 0 Å². The molecule has 0 fully saturated rings. The van der Waals surface area contributed by atoms with Crippen molar-refractivity contribution >= 4 is 11.9 Å². The molecule has 0 saturated heterocycles. The lowest BCUT2D eigenvalue weighted by Gasteiger charge is -1.84. The molecule has 0 aromatic carbocycles. The Hall–Kier alpha value is -1.26. The molecule has 0 bridgehead atoms. The van der Waals surface area contributed by atoms with E-state index < -0.39 is 0 Å². The van der Waals surface area contributed by atoms with Crippen molar-refractivity contribution in [2.45, 2.75) is 27.7 Å². The Morgan fingerprint density at radius 1 is 1.08 bits per heavy atom. The first-order valence-electron chi connectivity index (χ1n) is 4.12. The summed E-state index contributed by atoms with van der Waals surface area (Å²) in [6, 6.07) is 0. The van der Waals surface area contributed by atoms with Crippen molar-refractivity contribution in [1.29, 1.82) is 0 Å². The van der Waals surface area contributed by atoms with Gasteiger partial charge in [-0.15, -0.1) is 5.10 Å². The summed E-state index contributed by atoms with van der Waals surface area (Å²) in [5.41, 5.74) is 10.4. The van der Waals surface area contributed by atoms with Gasteiger partial charge in [0, 0.05) is 7.05 Å². The Bertz CT molecular complexity index is 174. The molecule has 1 heterocycles. The third-order valence-electron chi connectivity index (χ3n) is 0.813. The summed E-state index contributed by atoms with van der Waals surface area (Å²) in [4.78, 5) is 3.62. The molecule has 5 nitrogen and oxygen atoms in total. The second-order valence-corrected chi connectivity index (χ2v) is 1.45. The van der Waals surface area contributed by atoms with E-state index in [2.05, 4.69) is 10.1 Å². The number of nitrogens with two attached hydrogens (primary N) is 2. The van der Waals surface area contributed by atoms with Crippen LogP contribution in [0.1, 0.15) is 27.7 Å². The Morgan fingerprint density at radius 2 is 1.50 bits per heavy atom. The number of hydrogen-bond acceptors (Lipinski definition) is 4. The van der Waals surface area contributed by atoms with Crippen molar-refractivity contribution in [2.24, 2.45) is 7.05 Å². The standard InChI is InChI=1S/C3H7N5.2C2H6/c1-8-3(5)6-2(4)7-8;2*1-2/h1H3,(H4,4,5,6,7);2*1-2H3. The van der Waals surface area contributed by atoms with E-state index in [1.54, 1.807) is 7.05 Å². The van der Waals surface area contributed by atoms with Gasteiger partial charge in [0.1, 0.15) is 0 Å². The smallest absolute Gasteiger partial charge is 0.241 e. The predicted molar refractivity (Wildman–Crippen MR) is 52.5 cm³/mol. The fraction of sp³-hybridized carbons (Fsp3) is 0.714. The summed E-state index contributed by atoms with van der Waals surface area (Å²) >= 11 is 0. The zero-order chi connectivity index (χ0) is 10.1. The molecule has 12 heavy (non-hydrogen) atoms. The van der Waals surface area contributed by atoms with Gasteiger partial charge in [0.25, 0.3) is 0 Å². The number of hydrogen-bond donors (Lipinski definition) is 2. The van der Waals surface area contributed by atoms with E-state index in [1.165, 1.54) is 4.68 Å². The molecular formula is C7H19N5. The van der Waals surface area contributed by atoms with E-state index in [-0.39, 0.29) is 5.95 Å². The normalized spacial score (nSPS) is 7.42. The minimum absolute atomic E-state index is 0.213. The second kappa shape index (κ2) is 7.84. The summed E-state index contributed by atoms with van der Waals surface area (Å²) in [7, 11) is 1.68. The molecule has 0 saturated carbocycles. The quantitative estimate of drug-likeness (QED) is 0.614. The Balaban J connectivity index is 0. The van der Waals surface area contributed by atoms with Crippen LogP contribution in [0.2, 0.25) is 0 Å². The Kier molecular flexibility index (Phi) is 8.72. The molecule has 0 atom stereocenters. The molecule has 1 rings (SSSR count). The lowest BCUT2D eigenvalue weighted by atomic mass is 11.0. The SMILES string of the molecule is CC.CC.Cn1nc(N)nc1N. The van der Waals surface area contributed by atoms with Crippen molar-refractivity contribution in [3.8, 4) is 0 Å². The molecule has 5 heteroatoms. The monoisotopic (exact) mass is 173 g/mol. The summed E-state index contributed by atoms with van der Waals surface area (Å²) in [6.45, 7) is 8.00. The lowest BCUT2D eigenvalue weighted by molar-refractivity contribution is 0.782. The highest BCUT2D eigenvalue weighted by Crippen LogP contribution is 1.95. The average molecular weight is 173 g/mol. The van der Waals surface area contributed by atoms with E-state index in [4.69, 9.17) is 11.5 Å². The highest BCUT2D eigenvalue weighted by Gasteiger charge is 1.95. The van der Waals surface area contributed by atoms with Crippen molar-refractivity contribution in [3.05, 3.63) is 0 Å². The molecule has 1 aromatic rings. The van der Waals surface area contributed by atoms with Crippen LogP contribution >= 0.6 is 0 Å². The van der Waals surface area contributed by atoms with Crippen LogP contribution < -0.4 is 11.5 Å². The van der Waals surface area contributed by atoms with E-state index in [0.717, 1.165) is 0 Å². The summed E-state index contributed by atoms with van der Waals surface area (Å²) in [6.07, 6.45) is 0. The maximum Gasteiger partial charge on any atom is 0.241 e. The second-order valence-electron chi connectivity index (χ2n) is 1.45. The first-order valence-corrected chi connectivity index (χ1v) is 4.12. The van der Waals surface area contributed by atoms with Gasteiger partial charge in [0.05, 0.1) is 0 Å². The predicted octanol–water partition coefficient (Wildman–Crippen LogP) is 1.03. The molecular weight excluding hydrogens is 154 g/mol. The minimum atomic E-state index is 0.213. The average Bonchev–Trinajstić information content (AvgIpc) is 2.37. The molecule has 0 amide bonds. The van der Waals surface area contributed by atoms with Gasteiger partial charge in [-0.2, -0.15) is 4.98 Å². The van der Waals surface area contributed by atoms with Crippen LogP contribution in [0.4, 0.5) is 11.9 Å². The molecule has 72 valence electrons. The summed E-state index contributed by atoms with van der Waals surface area (Å²) < 4.78 is 1.41. The van der Waals surface area contributed by atoms with Gasteiger partial charge in [-0.3, -0.25) is 0 Å². The van der Waals surface area contributed by atoms with E-state index in [0.29, 0.717) is 5.95 Å². The number of rotatable bonds is 0. The number of anilines is 2. The van der Waals surface area contributed by atoms with E-state index in [1.807, 2.05) is 27.7 Å². The maximum absolute atomic E-state index is 5.25. The summed E-state index contributed by atoms with van der Waals surface area (Å²) in [5.74, 6) is 0.549. The number of nitrogens with zero attached hydrogens (tertiary/aromatic N) is 3. The van der Waals surface area contributed by atoms with Crippen LogP contribution in [-0.2, 0) is 7.05 Å². The van der Waals surface area contributed by atoms with Crippen molar-refractivity contribution in [1.82, 2.24) is 14.8 Å². The van der Waals surface area contributed by atoms with E-state index >= 15 is 0 Å². The highest BCUT2D eigenvalue weighted by atomic mass is 15.4. The largest absolute Gasteiger partial charge is 0.368 e. The van der Waals surface area contributed by atoms with Gasteiger partial charge in [0.2, 0.25) is 11.9 Å². The van der Waals surface area contributed by atoms with Crippen molar-refractivity contribution in [2.75, 3.05) is 11.5 Å². The molecule has 0 radical (unpaired) electrons. The highest BCUT2D eigenvalue weighted by molar-refractivity contribution is 5.25. The zero-order valence-electron chi connectivity index (χ0n) is 8.50. The third kappa shape index (κ3) is 4.54. The zero-order valence-corrected chi connectivity index (χ0v) is 8.50. The molecule has 0 aliphatic rings. The Labute approximate surface area is 73.8 Å². The topological polar surface area (TPSA) is 82.8 Å². The third-order valence-corrected chi connectivity index (χ3v) is 0.813. The molecule has 0 aliphatic heterocycles. The van der Waals surface area contributed by atoms with Crippen LogP contribution in [-0.4, -0.2) is 14.8 Å². The van der Waals surface area contributed by atoms with Gasteiger partial charge < -0.3 is 11.5 Å². The van der Waals surface area contributed by atoms with Crippen LogP contribution in [0.15, 0.2) is 0 Å². The fourth-order valence-electron chi connectivity index (χ4n) is 0.417. The van der Waals surface area contributed by atoms with Gasteiger partial charge in [-0.25, -0.2) is 4.68 Å². The van der Waals surface area contributed by atoms with Crippen molar-refractivity contribution < 1.29 is 0 Å². The van der Waals surface area contributed by atoms with Gasteiger partial charge in [0.15, 0.2) is 0 Å². The number of nitrogen functional groups attached to an aromatic ring is 2. The lowest BCUT2D eigenvalue weighted by Crippen LogP contribution is -1.97. The molecule has 0 aliphatic carbocycles. The molecule has 0 spiro atoms.